The van der Waals surface area contributed by atoms with E-state index in [9.17, 15) is 18.3 Å². The Morgan fingerprint density at radius 2 is 2.11 bits per heavy atom. The van der Waals surface area contributed by atoms with E-state index in [4.69, 9.17) is 16.3 Å². The Hall–Kier alpha value is -1.34. The van der Waals surface area contributed by atoms with Crippen molar-refractivity contribution in [2.24, 2.45) is 0 Å². The second-order valence-electron chi connectivity index (χ2n) is 3.60. The summed E-state index contributed by atoms with van der Waals surface area (Å²) in [6.07, 6.45) is -5.52. The molecule has 4 nitrogen and oxygen atoms in total. The summed E-state index contributed by atoms with van der Waals surface area (Å²) in [5.41, 5.74) is 0.432. The third-order valence-corrected chi connectivity index (χ3v) is 2.47. The van der Waals surface area contributed by atoms with Crippen LogP contribution >= 0.6 is 11.6 Å². The molecule has 1 aromatic rings. The molecular formula is C11H13ClF3NO3. The summed E-state index contributed by atoms with van der Waals surface area (Å²) in [5.74, 6) is -0.166. The maximum atomic E-state index is 12.1. The lowest BCUT2D eigenvalue weighted by atomic mass is 10.2. The number of aliphatic hydroxyl groups excluding tert-OH is 1. The number of hydrogen-bond donors (Lipinski definition) is 2. The van der Waals surface area contributed by atoms with Crippen LogP contribution in [0.25, 0.3) is 0 Å². The van der Waals surface area contributed by atoms with Gasteiger partial charge in [-0.15, -0.1) is 24.8 Å². The molecule has 0 aliphatic carbocycles. The van der Waals surface area contributed by atoms with Crippen molar-refractivity contribution < 1.29 is 27.8 Å². The number of hydrogen-bond acceptors (Lipinski definition) is 4. The molecule has 19 heavy (non-hydrogen) atoms. The van der Waals surface area contributed by atoms with Gasteiger partial charge in [0.05, 0.1) is 24.8 Å². The lowest BCUT2D eigenvalue weighted by Crippen LogP contribution is -2.21. The molecule has 0 saturated carbocycles. The maximum absolute atomic E-state index is 12.1. The van der Waals surface area contributed by atoms with Gasteiger partial charge in [-0.25, -0.2) is 0 Å². The summed E-state index contributed by atoms with van der Waals surface area (Å²) >= 11 is 5.42. The number of nitrogens with one attached hydrogen (secondary N) is 1. The topological polar surface area (TPSA) is 50.7 Å². The van der Waals surface area contributed by atoms with Crippen LogP contribution in [0.15, 0.2) is 18.2 Å². The fourth-order valence-electron chi connectivity index (χ4n) is 1.30. The van der Waals surface area contributed by atoms with Gasteiger partial charge < -0.3 is 19.9 Å². The second kappa shape index (κ2) is 6.72. The maximum Gasteiger partial charge on any atom is 0.573 e. The first kappa shape index (κ1) is 15.7. The fraction of sp³-hybridized carbons (Fsp3) is 0.455. The number of aliphatic hydroxyl groups is 1. The summed E-state index contributed by atoms with van der Waals surface area (Å²) < 4.78 is 44.9. The summed E-state index contributed by atoms with van der Waals surface area (Å²) in [4.78, 5) is 0. The summed E-state index contributed by atoms with van der Waals surface area (Å²) in [6.45, 7) is 0.152. The first-order valence-electron chi connectivity index (χ1n) is 5.27. The van der Waals surface area contributed by atoms with Crippen LogP contribution < -0.4 is 14.8 Å². The van der Waals surface area contributed by atoms with E-state index in [1.54, 1.807) is 0 Å². The van der Waals surface area contributed by atoms with Gasteiger partial charge in [0, 0.05) is 12.6 Å². The molecule has 0 saturated heterocycles. The lowest BCUT2D eigenvalue weighted by molar-refractivity contribution is -0.274. The fourth-order valence-corrected chi connectivity index (χ4v) is 1.41. The SMILES string of the molecule is COc1cc(OC(F)(F)F)ccc1NCC(O)CCl. The quantitative estimate of drug-likeness (QED) is 0.793. The lowest BCUT2D eigenvalue weighted by Gasteiger charge is -2.15. The van der Waals surface area contributed by atoms with Gasteiger partial charge in [-0.05, 0) is 12.1 Å². The molecule has 0 aliphatic heterocycles. The number of methoxy groups -OCH3 is 1. The van der Waals surface area contributed by atoms with E-state index >= 15 is 0 Å². The van der Waals surface area contributed by atoms with Crippen molar-refractivity contribution in [3.63, 3.8) is 0 Å². The van der Waals surface area contributed by atoms with Crippen molar-refractivity contribution in [3.8, 4) is 11.5 Å². The first-order chi connectivity index (χ1) is 8.85. The van der Waals surface area contributed by atoms with Gasteiger partial charge >= 0.3 is 6.36 Å². The van der Waals surface area contributed by atoms with E-state index in [1.165, 1.54) is 13.2 Å². The molecule has 1 rings (SSSR count). The van der Waals surface area contributed by atoms with Crippen LogP contribution in [0.4, 0.5) is 18.9 Å². The molecule has 0 aromatic heterocycles. The van der Waals surface area contributed by atoms with Crippen molar-refractivity contribution in [1.82, 2.24) is 0 Å². The highest BCUT2D eigenvalue weighted by Gasteiger charge is 2.31. The van der Waals surface area contributed by atoms with Crippen molar-refractivity contribution in [1.29, 1.82) is 0 Å². The average molecular weight is 300 g/mol. The van der Waals surface area contributed by atoms with Crippen molar-refractivity contribution in [2.45, 2.75) is 12.5 Å². The van der Waals surface area contributed by atoms with E-state index in [0.717, 1.165) is 12.1 Å². The number of benzene rings is 1. The van der Waals surface area contributed by atoms with Crippen LogP contribution in [0.2, 0.25) is 0 Å². The Balaban J connectivity index is 2.78. The van der Waals surface area contributed by atoms with Crippen LogP contribution in [-0.4, -0.2) is 37.1 Å². The Labute approximate surface area is 113 Å². The van der Waals surface area contributed by atoms with Crippen LogP contribution in [-0.2, 0) is 0 Å². The van der Waals surface area contributed by atoms with Crippen molar-refractivity contribution >= 4 is 17.3 Å². The van der Waals surface area contributed by atoms with E-state index in [0.29, 0.717) is 5.69 Å². The second-order valence-corrected chi connectivity index (χ2v) is 3.91. The molecule has 108 valence electrons. The molecule has 0 aliphatic rings. The summed E-state index contributed by atoms with van der Waals surface area (Å²) in [6, 6.07) is 3.61. The molecule has 1 aromatic carbocycles. The smallest absolute Gasteiger partial charge is 0.494 e. The number of anilines is 1. The molecule has 0 spiro atoms. The Morgan fingerprint density at radius 1 is 1.42 bits per heavy atom. The normalized spacial score (nSPS) is 12.9. The molecule has 2 N–H and O–H groups in total. The minimum absolute atomic E-state index is 0.0462. The predicted octanol–water partition coefficient (Wildman–Crippen LogP) is 2.61. The van der Waals surface area contributed by atoms with Crippen molar-refractivity contribution in [2.75, 3.05) is 24.9 Å². The molecule has 1 atom stereocenters. The number of halogens is 4. The Morgan fingerprint density at radius 3 is 2.63 bits per heavy atom. The highest BCUT2D eigenvalue weighted by Crippen LogP contribution is 2.31. The van der Waals surface area contributed by atoms with Gasteiger partial charge in [-0.1, -0.05) is 0 Å². The van der Waals surface area contributed by atoms with Crippen LogP contribution in [0.3, 0.4) is 0 Å². The third kappa shape index (κ3) is 5.44. The standard InChI is InChI=1S/C11H13ClF3NO3/c1-18-10-4-8(19-11(13,14)15)2-3-9(10)16-6-7(17)5-12/h2-4,7,16-17H,5-6H2,1H3. The van der Waals surface area contributed by atoms with Gasteiger partial charge in [0.1, 0.15) is 11.5 Å². The van der Waals surface area contributed by atoms with E-state index in [1.807, 2.05) is 0 Å². The van der Waals surface area contributed by atoms with Gasteiger partial charge in [0.25, 0.3) is 0 Å². The molecule has 1 unspecified atom stereocenters. The van der Waals surface area contributed by atoms with E-state index in [2.05, 4.69) is 10.1 Å². The molecule has 0 heterocycles. The Bertz CT molecular complexity index is 415. The monoisotopic (exact) mass is 299 g/mol. The van der Waals surface area contributed by atoms with Crippen molar-refractivity contribution in [3.05, 3.63) is 18.2 Å². The van der Waals surface area contributed by atoms with Gasteiger partial charge in [-0.3, -0.25) is 0 Å². The minimum Gasteiger partial charge on any atom is -0.494 e. The molecule has 8 heteroatoms. The Kier molecular flexibility index (Phi) is 5.56. The predicted molar refractivity (Wildman–Crippen MR) is 64.9 cm³/mol. The van der Waals surface area contributed by atoms with Gasteiger partial charge in [-0.2, -0.15) is 0 Å². The summed E-state index contributed by atoms with van der Waals surface area (Å²) in [5, 5.41) is 12.1. The molecule has 0 radical (unpaired) electrons. The molecular weight excluding hydrogens is 287 g/mol. The van der Waals surface area contributed by atoms with Gasteiger partial charge in [0.2, 0.25) is 0 Å². The average Bonchev–Trinajstić information content (AvgIpc) is 2.34. The molecule has 0 bridgehead atoms. The largest absolute Gasteiger partial charge is 0.573 e. The van der Waals surface area contributed by atoms with Crippen LogP contribution in [0.5, 0.6) is 11.5 Å². The zero-order chi connectivity index (χ0) is 14.5. The number of alkyl halides is 4. The number of rotatable bonds is 6. The third-order valence-electron chi connectivity index (χ3n) is 2.11. The first-order valence-corrected chi connectivity index (χ1v) is 5.81. The van der Waals surface area contributed by atoms with E-state index in [-0.39, 0.29) is 23.9 Å². The summed E-state index contributed by atoms with van der Waals surface area (Å²) in [7, 11) is 1.32. The number of ether oxygens (including phenoxy) is 2. The zero-order valence-corrected chi connectivity index (χ0v) is 10.8. The van der Waals surface area contributed by atoms with Crippen LogP contribution in [0, 0.1) is 0 Å². The van der Waals surface area contributed by atoms with Gasteiger partial charge in [0.15, 0.2) is 0 Å². The molecule has 0 amide bonds. The van der Waals surface area contributed by atoms with Crippen LogP contribution in [0.1, 0.15) is 0 Å². The highest BCUT2D eigenvalue weighted by molar-refractivity contribution is 6.18. The molecule has 0 fully saturated rings. The minimum atomic E-state index is -4.76. The van der Waals surface area contributed by atoms with E-state index < -0.39 is 12.5 Å². The zero-order valence-electron chi connectivity index (χ0n) is 10.00. The highest BCUT2D eigenvalue weighted by atomic mass is 35.5.